The van der Waals surface area contributed by atoms with E-state index in [2.05, 4.69) is 27.8 Å². The number of ether oxygens (including phenoxy) is 1. The van der Waals surface area contributed by atoms with E-state index in [1.165, 1.54) is 43.4 Å². The van der Waals surface area contributed by atoms with Gasteiger partial charge < -0.3 is 30.7 Å². The number of anilines is 2. The number of benzene rings is 2. The molecule has 2 aromatic rings. The molecule has 0 radical (unpaired) electrons. The minimum Gasteiger partial charge on any atom is -0.481 e. The molecule has 0 unspecified atom stereocenters. The van der Waals surface area contributed by atoms with Gasteiger partial charge in [0.2, 0.25) is 15.9 Å². The monoisotopic (exact) mass is 639 g/mol. The number of sulfonamides is 1. The number of aliphatic carboxylic acids is 1. The van der Waals surface area contributed by atoms with Crippen molar-refractivity contribution in [2.24, 2.45) is 0 Å². The lowest BCUT2D eigenvalue weighted by atomic mass is 10.0. The van der Waals surface area contributed by atoms with E-state index in [1.807, 2.05) is 0 Å². The van der Waals surface area contributed by atoms with Crippen LogP contribution in [-0.2, 0) is 29.1 Å². The van der Waals surface area contributed by atoms with Gasteiger partial charge in [-0.1, -0.05) is 24.0 Å². The van der Waals surface area contributed by atoms with Crippen LogP contribution in [-0.4, -0.2) is 85.9 Å². The van der Waals surface area contributed by atoms with Crippen LogP contribution in [0.15, 0.2) is 53.6 Å². The Kier molecular flexibility index (Phi) is 11.3. The van der Waals surface area contributed by atoms with Gasteiger partial charge in [0.05, 0.1) is 29.2 Å². The third-order valence-corrected chi connectivity index (χ3v) is 8.16. The van der Waals surface area contributed by atoms with E-state index >= 15 is 0 Å². The number of alkyl carbamates (subject to hydrolysis) is 1. The highest BCUT2D eigenvalue weighted by Gasteiger charge is 2.27. The van der Waals surface area contributed by atoms with Gasteiger partial charge in [0.1, 0.15) is 5.60 Å². The van der Waals surface area contributed by atoms with Gasteiger partial charge in [0, 0.05) is 50.1 Å². The highest BCUT2D eigenvalue weighted by Crippen LogP contribution is 2.34. The van der Waals surface area contributed by atoms with Gasteiger partial charge in [-0.3, -0.25) is 14.4 Å². The molecule has 0 spiro atoms. The van der Waals surface area contributed by atoms with Crippen LogP contribution in [0.2, 0.25) is 0 Å². The molecule has 45 heavy (non-hydrogen) atoms. The van der Waals surface area contributed by atoms with Crippen LogP contribution in [0.3, 0.4) is 0 Å². The summed E-state index contributed by atoms with van der Waals surface area (Å²) in [6, 6.07) is 11.1. The van der Waals surface area contributed by atoms with Crippen molar-refractivity contribution in [2.75, 3.05) is 44.4 Å². The molecule has 0 saturated heterocycles. The number of carbonyl (C=O) groups excluding carboxylic acids is 3. The second-order valence-electron chi connectivity index (χ2n) is 11.1. The summed E-state index contributed by atoms with van der Waals surface area (Å²) in [5.41, 5.74) is 1.65. The van der Waals surface area contributed by atoms with Crippen LogP contribution >= 0.6 is 0 Å². The molecule has 1 aliphatic rings. The quantitative estimate of drug-likeness (QED) is 0.213. The number of fused-ring (bicyclic) bond motifs is 1. The molecule has 0 aromatic heterocycles. The third-order valence-electron chi connectivity index (χ3n) is 6.36. The highest BCUT2D eigenvalue weighted by molar-refractivity contribution is 7.89. The Morgan fingerprint density at radius 1 is 1.11 bits per heavy atom. The molecule has 13 nitrogen and oxygen atoms in total. The van der Waals surface area contributed by atoms with Gasteiger partial charge in [-0.05, 0) is 57.5 Å². The Balaban J connectivity index is 1.73. The van der Waals surface area contributed by atoms with Crippen LogP contribution in [0.1, 0.15) is 44.7 Å². The van der Waals surface area contributed by atoms with Crippen molar-refractivity contribution in [3.63, 3.8) is 0 Å². The number of carboxylic acid groups (broad SMARTS) is 1. The van der Waals surface area contributed by atoms with E-state index in [4.69, 9.17) is 9.84 Å². The molecule has 0 bridgehead atoms. The zero-order valence-electron chi connectivity index (χ0n) is 25.8. The van der Waals surface area contributed by atoms with E-state index in [9.17, 15) is 27.6 Å². The first-order chi connectivity index (χ1) is 21.1. The molecule has 1 aliphatic heterocycles. The average molecular weight is 640 g/mol. The van der Waals surface area contributed by atoms with Crippen molar-refractivity contribution in [1.29, 1.82) is 0 Å². The number of nitrogens with zero attached hydrogens (tertiary/aromatic N) is 2. The number of carbonyl (C=O) groups is 4. The van der Waals surface area contributed by atoms with Gasteiger partial charge in [-0.25, -0.2) is 13.2 Å². The number of likely N-dealkylation sites (N-methyl/N-ethyl adjacent to an activating group) is 2. The minimum atomic E-state index is -4.06. The van der Waals surface area contributed by atoms with Crippen LogP contribution < -0.4 is 16.0 Å². The van der Waals surface area contributed by atoms with E-state index in [-0.39, 0.29) is 42.3 Å². The maximum absolute atomic E-state index is 13.2. The number of hydrogen-bond donors (Lipinski definition) is 4. The standard InChI is InChI=1S/C31H37N5O8S/c1-31(2,3)44-30(41)32-16-8-11-21-10-6-14-25-28(21)24(29(40)34-25)19-33-22-12-7-13-23(18-22)45(42,43)36(5)20-26(37)35(4)17-9-15-27(38)39/h6-7,10,12-14,18-19,33H,9,15-17,20H2,1-5H3,(H,32,41)(H,34,40)(H,38,39)/b24-19-. The molecule has 0 aliphatic carbocycles. The maximum atomic E-state index is 13.2. The first kappa shape index (κ1) is 34.6. The zero-order valence-corrected chi connectivity index (χ0v) is 26.6. The second kappa shape index (κ2) is 14.7. The van der Waals surface area contributed by atoms with Gasteiger partial charge in [0.25, 0.3) is 5.91 Å². The fraction of sp³-hybridized carbons (Fsp3) is 0.355. The summed E-state index contributed by atoms with van der Waals surface area (Å²) in [6.07, 6.45) is 1.01. The molecule has 2 aromatic carbocycles. The van der Waals surface area contributed by atoms with Crippen molar-refractivity contribution in [3.05, 3.63) is 59.8 Å². The summed E-state index contributed by atoms with van der Waals surface area (Å²) < 4.78 is 32.6. The first-order valence-electron chi connectivity index (χ1n) is 14.0. The molecule has 3 amide bonds. The topological polar surface area (TPSA) is 174 Å². The SMILES string of the molecule is CN(CCCC(=O)O)C(=O)CN(C)S(=O)(=O)c1cccc(N/C=C2\C(=O)Nc3cccc(C#CCNC(=O)OC(C)(C)C)c32)c1. The molecule has 240 valence electrons. The summed E-state index contributed by atoms with van der Waals surface area (Å²) in [6.45, 7) is 5.04. The number of rotatable bonds is 11. The summed E-state index contributed by atoms with van der Waals surface area (Å²) in [7, 11) is -1.29. The predicted octanol–water partition coefficient (Wildman–Crippen LogP) is 2.91. The van der Waals surface area contributed by atoms with E-state index in [1.54, 1.807) is 45.0 Å². The van der Waals surface area contributed by atoms with Crippen molar-refractivity contribution in [3.8, 4) is 11.8 Å². The highest BCUT2D eigenvalue weighted by atomic mass is 32.2. The Hall–Kier alpha value is -4.87. The Morgan fingerprint density at radius 2 is 1.82 bits per heavy atom. The Bertz CT molecular complexity index is 1670. The number of amides is 3. The first-order valence-corrected chi connectivity index (χ1v) is 15.4. The molecule has 14 heteroatoms. The van der Waals surface area contributed by atoms with Crippen molar-refractivity contribution in [1.82, 2.24) is 14.5 Å². The molecular formula is C31H37N5O8S. The Morgan fingerprint density at radius 3 is 2.51 bits per heavy atom. The summed E-state index contributed by atoms with van der Waals surface area (Å²) in [5.74, 6) is 3.99. The fourth-order valence-corrected chi connectivity index (χ4v) is 5.30. The lowest BCUT2D eigenvalue weighted by molar-refractivity contribution is -0.138. The lowest BCUT2D eigenvalue weighted by Crippen LogP contribution is -2.39. The third kappa shape index (κ3) is 9.82. The molecule has 0 fully saturated rings. The van der Waals surface area contributed by atoms with Gasteiger partial charge in [0.15, 0.2) is 0 Å². The Labute approximate surface area is 262 Å². The largest absolute Gasteiger partial charge is 0.481 e. The van der Waals surface area contributed by atoms with Gasteiger partial charge in [-0.2, -0.15) is 4.31 Å². The van der Waals surface area contributed by atoms with Gasteiger partial charge in [-0.15, -0.1) is 0 Å². The van der Waals surface area contributed by atoms with Crippen molar-refractivity contribution in [2.45, 2.75) is 44.1 Å². The second-order valence-corrected chi connectivity index (χ2v) is 13.2. The average Bonchev–Trinajstić information content (AvgIpc) is 3.28. The van der Waals surface area contributed by atoms with Crippen LogP contribution in [0.25, 0.3) is 5.57 Å². The molecule has 1 heterocycles. The minimum absolute atomic E-state index is 0.0274. The molecular weight excluding hydrogens is 602 g/mol. The predicted molar refractivity (Wildman–Crippen MR) is 169 cm³/mol. The maximum Gasteiger partial charge on any atom is 0.408 e. The lowest BCUT2D eigenvalue weighted by Gasteiger charge is -2.22. The fourth-order valence-electron chi connectivity index (χ4n) is 4.13. The normalized spacial score (nSPS) is 13.4. The zero-order chi connectivity index (χ0) is 33.4. The molecule has 3 rings (SSSR count). The smallest absolute Gasteiger partial charge is 0.408 e. The van der Waals surface area contributed by atoms with Crippen molar-refractivity contribution >= 4 is 50.8 Å². The summed E-state index contributed by atoms with van der Waals surface area (Å²) in [5, 5.41) is 17.1. The van der Waals surface area contributed by atoms with E-state index in [0.717, 1.165) is 4.31 Å². The molecule has 4 N–H and O–H groups in total. The number of nitrogens with one attached hydrogen (secondary N) is 3. The summed E-state index contributed by atoms with van der Waals surface area (Å²) in [4.78, 5) is 49.2. The summed E-state index contributed by atoms with van der Waals surface area (Å²) >= 11 is 0. The van der Waals surface area contributed by atoms with E-state index in [0.29, 0.717) is 22.5 Å². The number of carboxylic acids is 1. The van der Waals surface area contributed by atoms with E-state index < -0.39 is 40.1 Å². The molecule has 0 saturated carbocycles. The van der Waals surface area contributed by atoms with Crippen LogP contribution in [0.4, 0.5) is 16.2 Å². The number of hydrogen-bond acceptors (Lipinski definition) is 8. The van der Waals surface area contributed by atoms with Crippen LogP contribution in [0, 0.1) is 11.8 Å². The van der Waals surface area contributed by atoms with Crippen LogP contribution in [0.5, 0.6) is 0 Å². The molecule has 0 atom stereocenters. The van der Waals surface area contributed by atoms with Gasteiger partial charge >= 0.3 is 12.1 Å². The van der Waals surface area contributed by atoms with Crippen molar-refractivity contribution < 1.29 is 37.4 Å².